The number of nitrogens with one attached hydrogen (secondary N) is 2. The number of likely N-dealkylation sites (tertiary alicyclic amines) is 2. The van der Waals surface area contributed by atoms with Crippen molar-refractivity contribution >= 4 is 23.4 Å². The van der Waals surface area contributed by atoms with E-state index >= 15 is 0 Å². The van der Waals surface area contributed by atoms with Gasteiger partial charge in [0.25, 0.3) is 5.91 Å². The fraction of sp³-hybridized carbons (Fsp3) is 0.316. The van der Waals surface area contributed by atoms with Crippen molar-refractivity contribution < 1.29 is 14.3 Å². The maximum atomic E-state index is 13.2. The molecule has 0 radical (unpaired) electrons. The summed E-state index contributed by atoms with van der Waals surface area (Å²) in [5, 5.41) is 5.79. The Balaban J connectivity index is 0.842. The molecule has 0 aromatic heterocycles. The second-order valence-corrected chi connectivity index (χ2v) is 13.4. The van der Waals surface area contributed by atoms with Crippen LogP contribution in [0.2, 0.25) is 0 Å². The second kappa shape index (κ2) is 11.5. The van der Waals surface area contributed by atoms with Crippen LogP contribution in [0.1, 0.15) is 45.8 Å². The first-order valence-electron chi connectivity index (χ1n) is 16.1. The van der Waals surface area contributed by atoms with Gasteiger partial charge in [0.1, 0.15) is 6.61 Å². The minimum atomic E-state index is -0.562. The van der Waals surface area contributed by atoms with Crippen LogP contribution in [0.3, 0.4) is 0 Å². The van der Waals surface area contributed by atoms with Crippen LogP contribution in [0.4, 0.5) is 16.2 Å². The van der Waals surface area contributed by atoms with Gasteiger partial charge in [-0.15, -0.1) is 0 Å². The van der Waals surface area contributed by atoms with Crippen LogP contribution in [0.25, 0.3) is 11.1 Å². The molecule has 1 saturated carbocycles. The number of hydrogen-bond acceptors (Lipinski definition) is 5. The van der Waals surface area contributed by atoms with Gasteiger partial charge in [-0.2, -0.15) is 0 Å². The van der Waals surface area contributed by atoms with E-state index in [4.69, 9.17) is 4.74 Å². The van der Waals surface area contributed by atoms with Gasteiger partial charge in [0.05, 0.1) is 11.4 Å². The number of rotatable bonds is 9. The molecule has 0 bridgehead atoms. The summed E-state index contributed by atoms with van der Waals surface area (Å²) in [5.74, 6) is 0.723. The van der Waals surface area contributed by atoms with Crippen molar-refractivity contribution in [1.82, 2.24) is 9.80 Å². The minimum Gasteiger partial charge on any atom is -0.448 e. The molecule has 0 unspecified atom stereocenters. The predicted molar refractivity (Wildman–Crippen MR) is 176 cm³/mol. The second-order valence-electron chi connectivity index (χ2n) is 13.4. The number of nitrogens with zero attached hydrogens (tertiary/aromatic N) is 2. The summed E-state index contributed by atoms with van der Waals surface area (Å²) in [6.07, 6.45) is 2.29. The Hall–Kier alpha value is -4.46. The van der Waals surface area contributed by atoms with Gasteiger partial charge in [-0.1, -0.05) is 72.8 Å². The molecular formula is C38H38N4O3. The number of carbonyl (C=O) groups is 2. The lowest BCUT2D eigenvalue weighted by Gasteiger charge is -2.60. The molecule has 2 N–H and O–H groups in total. The predicted octanol–water partition coefficient (Wildman–Crippen LogP) is 6.83. The number of carbonyl (C=O) groups excluding carboxylic acids is 2. The van der Waals surface area contributed by atoms with Gasteiger partial charge in [0.2, 0.25) is 0 Å². The van der Waals surface area contributed by atoms with Crippen molar-refractivity contribution in [3.63, 3.8) is 0 Å². The van der Waals surface area contributed by atoms with Crippen LogP contribution in [0.15, 0.2) is 97.1 Å². The molecule has 7 heteroatoms. The van der Waals surface area contributed by atoms with E-state index < -0.39 is 6.09 Å². The molecule has 2 aliphatic carbocycles. The minimum absolute atomic E-state index is 0.0243. The Morgan fingerprint density at radius 2 is 1.29 bits per heavy atom. The van der Waals surface area contributed by atoms with E-state index in [1.807, 2.05) is 60.7 Å². The first kappa shape index (κ1) is 28.0. The summed E-state index contributed by atoms with van der Waals surface area (Å²) >= 11 is 0. The lowest BCUT2D eigenvalue weighted by atomic mass is 9.72. The highest BCUT2D eigenvalue weighted by Crippen LogP contribution is 2.45. The third kappa shape index (κ3) is 5.74. The van der Waals surface area contributed by atoms with Crippen LogP contribution in [-0.4, -0.2) is 61.1 Å². The van der Waals surface area contributed by atoms with Gasteiger partial charge in [-0.3, -0.25) is 15.0 Å². The van der Waals surface area contributed by atoms with E-state index in [0.717, 1.165) is 23.6 Å². The van der Waals surface area contributed by atoms with Crippen molar-refractivity contribution in [2.24, 2.45) is 11.3 Å². The fourth-order valence-electron chi connectivity index (χ4n) is 7.57. The normalized spacial score (nSPS) is 18.4. The lowest BCUT2D eigenvalue weighted by Crippen LogP contribution is -2.71. The standard InChI is InChI=1S/C38H38N4O3/c43-36(28-17-15-27(16-18-28)20-42-24-38(25-42)22-41(23-38)19-26-13-14-26)39-34-11-5-6-12-35(34)40-37(44)45-21-33-31-9-3-1-7-29(31)30-8-2-4-10-32(30)33/h1-12,15-18,26,33H,13-14,19-25H2,(H,39,43)(H,40,44). The third-order valence-corrected chi connectivity index (χ3v) is 9.83. The molecule has 45 heavy (non-hydrogen) atoms. The number of benzene rings is 4. The Morgan fingerprint density at radius 1 is 0.711 bits per heavy atom. The zero-order chi connectivity index (χ0) is 30.4. The first-order valence-corrected chi connectivity index (χ1v) is 16.1. The van der Waals surface area contributed by atoms with Crippen molar-refractivity contribution in [1.29, 1.82) is 0 Å². The van der Waals surface area contributed by atoms with Crippen molar-refractivity contribution in [3.05, 3.63) is 119 Å². The maximum absolute atomic E-state index is 13.2. The van der Waals surface area contributed by atoms with Crippen molar-refractivity contribution in [3.8, 4) is 11.1 Å². The molecule has 0 atom stereocenters. The summed E-state index contributed by atoms with van der Waals surface area (Å²) in [6, 6.07) is 31.5. The Kier molecular flexibility index (Phi) is 7.15. The third-order valence-electron chi connectivity index (χ3n) is 9.83. The van der Waals surface area contributed by atoms with Gasteiger partial charge in [0.15, 0.2) is 0 Å². The van der Waals surface area contributed by atoms with Crippen LogP contribution in [-0.2, 0) is 11.3 Å². The Bertz CT molecular complexity index is 1690. The zero-order valence-corrected chi connectivity index (χ0v) is 25.4. The monoisotopic (exact) mass is 598 g/mol. The van der Waals surface area contributed by atoms with Gasteiger partial charge in [0, 0.05) is 56.2 Å². The van der Waals surface area contributed by atoms with Crippen LogP contribution < -0.4 is 10.6 Å². The molecule has 2 heterocycles. The average molecular weight is 599 g/mol. The van der Waals surface area contributed by atoms with Gasteiger partial charge >= 0.3 is 6.09 Å². The number of para-hydroxylation sites is 2. The lowest BCUT2D eigenvalue weighted by molar-refractivity contribution is -0.119. The molecule has 8 rings (SSSR count). The molecular weight excluding hydrogens is 560 g/mol. The summed E-state index contributed by atoms with van der Waals surface area (Å²) in [6.45, 7) is 7.31. The number of hydrogen-bond donors (Lipinski definition) is 2. The quantitative estimate of drug-likeness (QED) is 0.221. The molecule has 228 valence electrons. The highest BCUT2D eigenvalue weighted by Gasteiger charge is 2.51. The first-order chi connectivity index (χ1) is 22.0. The largest absolute Gasteiger partial charge is 0.448 e. The van der Waals surface area contributed by atoms with Gasteiger partial charge in [-0.25, -0.2) is 4.79 Å². The van der Waals surface area contributed by atoms with Gasteiger partial charge < -0.3 is 15.0 Å². The summed E-state index contributed by atoms with van der Waals surface area (Å²) in [5.41, 5.74) is 8.00. The molecule has 4 aliphatic rings. The topological polar surface area (TPSA) is 73.9 Å². The number of fused-ring (bicyclic) bond motifs is 3. The molecule has 2 aliphatic heterocycles. The Labute approximate surface area is 264 Å². The van der Waals surface area contributed by atoms with E-state index in [1.54, 1.807) is 12.1 Å². The summed E-state index contributed by atoms with van der Waals surface area (Å²) < 4.78 is 5.72. The number of ether oxygens (including phenoxy) is 1. The number of anilines is 2. The smallest absolute Gasteiger partial charge is 0.411 e. The van der Waals surface area contributed by atoms with Gasteiger partial charge in [-0.05, 0) is 70.8 Å². The molecule has 7 nitrogen and oxygen atoms in total. The molecule has 4 aromatic carbocycles. The molecule has 4 aromatic rings. The maximum Gasteiger partial charge on any atom is 0.411 e. The van der Waals surface area contributed by atoms with E-state index in [9.17, 15) is 9.59 Å². The SMILES string of the molecule is O=C(Nc1ccccc1NC(=O)c1ccc(CN2CC3(C2)CN(CC2CC2)C3)cc1)OCC1c2ccccc2-c2ccccc21. The average Bonchev–Trinajstić information content (AvgIpc) is 3.79. The molecule has 3 fully saturated rings. The van der Waals surface area contributed by atoms with Crippen molar-refractivity contribution in [2.75, 3.05) is 50.0 Å². The highest BCUT2D eigenvalue weighted by molar-refractivity contribution is 6.06. The van der Waals surface area contributed by atoms with E-state index in [-0.39, 0.29) is 18.4 Å². The van der Waals surface area contributed by atoms with E-state index in [2.05, 4.69) is 44.7 Å². The van der Waals surface area contributed by atoms with Crippen LogP contribution in [0.5, 0.6) is 0 Å². The van der Waals surface area contributed by atoms with Crippen molar-refractivity contribution in [2.45, 2.75) is 25.3 Å². The van der Waals surface area contributed by atoms with Crippen LogP contribution in [0, 0.1) is 11.3 Å². The fourth-order valence-corrected chi connectivity index (χ4v) is 7.57. The van der Waals surface area contributed by atoms with E-state index in [0.29, 0.717) is 22.4 Å². The zero-order valence-electron chi connectivity index (χ0n) is 25.4. The molecule has 2 amide bonds. The Morgan fingerprint density at radius 3 is 1.93 bits per heavy atom. The van der Waals surface area contributed by atoms with Crippen LogP contribution >= 0.6 is 0 Å². The summed E-state index contributed by atoms with van der Waals surface area (Å²) in [4.78, 5) is 31.2. The highest BCUT2D eigenvalue weighted by atomic mass is 16.5. The molecule has 2 saturated heterocycles. The van der Waals surface area contributed by atoms with E-state index in [1.165, 1.54) is 62.3 Å². The molecule has 1 spiro atoms. The number of amides is 2. The summed E-state index contributed by atoms with van der Waals surface area (Å²) in [7, 11) is 0.